The van der Waals surface area contributed by atoms with Crippen molar-refractivity contribution in [2.75, 3.05) is 0 Å². The highest BCUT2D eigenvalue weighted by Gasteiger charge is 2.34. The fourth-order valence-electron chi connectivity index (χ4n) is 1.70. The number of nitrogens with zero attached hydrogens (tertiary/aromatic N) is 2. The molecule has 0 bridgehead atoms. The lowest BCUT2D eigenvalue weighted by molar-refractivity contribution is 0.590. The predicted molar refractivity (Wildman–Crippen MR) is 71.9 cm³/mol. The van der Waals surface area contributed by atoms with Crippen molar-refractivity contribution >= 4 is 9.84 Å². The second kappa shape index (κ2) is 5.21. The number of pyridine rings is 1. The van der Waals surface area contributed by atoms with Crippen LogP contribution in [0, 0.1) is 13.5 Å². The van der Waals surface area contributed by atoms with Crippen molar-refractivity contribution in [2.45, 2.75) is 17.2 Å². The minimum Gasteiger partial charge on any atom is -0.291 e. The molecule has 96 valence electrons. The lowest BCUT2D eigenvalue weighted by Gasteiger charge is -2.07. The van der Waals surface area contributed by atoms with Crippen LogP contribution in [0.3, 0.4) is 0 Å². The second-order valence-corrected chi connectivity index (χ2v) is 6.13. The number of sulfone groups is 1. The van der Waals surface area contributed by atoms with Crippen molar-refractivity contribution < 1.29 is 8.42 Å². The summed E-state index contributed by atoms with van der Waals surface area (Å²) in [4.78, 5) is 7.27. The first-order chi connectivity index (χ1) is 9.05. The molecule has 0 radical (unpaired) electrons. The van der Waals surface area contributed by atoms with Crippen LogP contribution in [0.25, 0.3) is 4.85 Å². The summed E-state index contributed by atoms with van der Waals surface area (Å²) in [5.74, 6) is 0. The number of aryl methyl sites for hydroxylation is 1. The molecule has 0 aliphatic heterocycles. The quantitative estimate of drug-likeness (QED) is 0.807. The van der Waals surface area contributed by atoms with Crippen LogP contribution < -0.4 is 0 Å². The Hall–Kier alpha value is -2.19. The van der Waals surface area contributed by atoms with E-state index in [4.69, 9.17) is 6.57 Å². The van der Waals surface area contributed by atoms with E-state index in [0.29, 0.717) is 5.56 Å². The molecule has 0 N–H and O–H groups in total. The van der Waals surface area contributed by atoms with Gasteiger partial charge in [-0.15, -0.1) is 0 Å². The van der Waals surface area contributed by atoms with Crippen molar-refractivity contribution in [1.82, 2.24) is 4.98 Å². The van der Waals surface area contributed by atoms with Crippen LogP contribution in [0.1, 0.15) is 16.5 Å². The summed E-state index contributed by atoms with van der Waals surface area (Å²) in [6.07, 6.45) is 2.96. The molecule has 0 fully saturated rings. The van der Waals surface area contributed by atoms with Crippen molar-refractivity contribution in [3.05, 3.63) is 71.3 Å². The lowest BCUT2D eigenvalue weighted by atomic mass is 10.2. The maximum atomic E-state index is 12.4. The molecular weight excluding hydrogens is 260 g/mol. The van der Waals surface area contributed by atoms with Gasteiger partial charge in [-0.25, -0.2) is 15.0 Å². The zero-order chi connectivity index (χ0) is 13.9. The van der Waals surface area contributed by atoms with Crippen LogP contribution in [0.2, 0.25) is 0 Å². The van der Waals surface area contributed by atoms with Gasteiger partial charge >= 0.3 is 5.37 Å². The van der Waals surface area contributed by atoms with E-state index in [1.807, 2.05) is 6.92 Å². The molecule has 2 rings (SSSR count). The minimum atomic E-state index is -3.72. The monoisotopic (exact) mass is 272 g/mol. The molecular formula is C14H12N2O2S. The SMILES string of the molecule is [C-]#[N+]C(c1cccnc1)S(=O)(=O)c1ccc(C)cc1. The largest absolute Gasteiger partial charge is 0.351 e. The van der Waals surface area contributed by atoms with Crippen molar-refractivity contribution in [3.63, 3.8) is 0 Å². The Balaban J connectivity index is 2.49. The Morgan fingerprint density at radius 3 is 2.42 bits per heavy atom. The van der Waals surface area contributed by atoms with Gasteiger partial charge in [-0.1, -0.05) is 17.7 Å². The summed E-state index contributed by atoms with van der Waals surface area (Å²) in [6.45, 7) is 9.04. The molecule has 0 aliphatic rings. The zero-order valence-electron chi connectivity index (χ0n) is 10.3. The Bertz CT molecular complexity index is 701. The molecule has 0 amide bonds. The molecule has 19 heavy (non-hydrogen) atoms. The molecule has 1 atom stereocenters. The molecule has 0 aliphatic carbocycles. The second-order valence-electron chi connectivity index (χ2n) is 4.13. The minimum absolute atomic E-state index is 0.156. The molecule has 0 spiro atoms. The predicted octanol–water partition coefficient (Wildman–Crippen LogP) is 2.78. The highest BCUT2D eigenvalue weighted by atomic mass is 32.2. The van der Waals surface area contributed by atoms with Gasteiger partial charge in [0.2, 0.25) is 0 Å². The first kappa shape index (κ1) is 13.2. The smallest absolute Gasteiger partial charge is 0.291 e. The first-order valence-corrected chi connectivity index (χ1v) is 7.17. The van der Waals surface area contributed by atoms with Gasteiger partial charge in [-0.2, -0.15) is 0 Å². The van der Waals surface area contributed by atoms with E-state index < -0.39 is 15.2 Å². The Morgan fingerprint density at radius 1 is 1.21 bits per heavy atom. The molecule has 1 aromatic heterocycles. The third-order valence-corrected chi connectivity index (χ3v) is 4.62. The maximum absolute atomic E-state index is 12.4. The topological polar surface area (TPSA) is 51.4 Å². The number of hydrogen-bond donors (Lipinski definition) is 0. The average Bonchev–Trinajstić information content (AvgIpc) is 2.41. The fraction of sp³-hybridized carbons (Fsp3) is 0.143. The summed E-state index contributed by atoms with van der Waals surface area (Å²) in [6, 6.07) is 9.71. The van der Waals surface area contributed by atoms with Gasteiger partial charge in [-0.3, -0.25) is 9.83 Å². The van der Waals surface area contributed by atoms with E-state index in [1.54, 1.807) is 30.5 Å². The van der Waals surface area contributed by atoms with Gasteiger partial charge in [0.25, 0.3) is 9.84 Å². The van der Waals surface area contributed by atoms with Crippen LogP contribution in [0.5, 0.6) is 0 Å². The van der Waals surface area contributed by atoms with Gasteiger partial charge < -0.3 is 0 Å². The Morgan fingerprint density at radius 2 is 1.89 bits per heavy atom. The number of aromatic nitrogens is 1. The third kappa shape index (κ3) is 2.64. The van der Waals surface area contributed by atoms with E-state index in [0.717, 1.165) is 5.56 Å². The van der Waals surface area contributed by atoms with Crippen LogP contribution >= 0.6 is 0 Å². The van der Waals surface area contributed by atoms with Crippen molar-refractivity contribution in [3.8, 4) is 0 Å². The summed E-state index contributed by atoms with van der Waals surface area (Å²) < 4.78 is 24.9. The molecule has 1 unspecified atom stereocenters. The van der Waals surface area contributed by atoms with Crippen LogP contribution in [-0.2, 0) is 9.84 Å². The van der Waals surface area contributed by atoms with E-state index in [9.17, 15) is 8.42 Å². The summed E-state index contributed by atoms with van der Waals surface area (Å²) in [5.41, 5.74) is 1.36. The van der Waals surface area contributed by atoms with E-state index in [-0.39, 0.29) is 4.90 Å². The zero-order valence-corrected chi connectivity index (χ0v) is 11.1. The van der Waals surface area contributed by atoms with Crippen LogP contribution in [0.4, 0.5) is 0 Å². The van der Waals surface area contributed by atoms with Crippen LogP contribution in [-0.4, -0.2) is 13.4 Å². The molecule has 4 nitrogen and oxygen atoms in total. The number of rotatable bonds is 3. The normalized spacial score (nSPS) is 12.6. The summed E-state index contributed by atoms with van der Waals surface area (Å²) in [5, 5.41) is -1.25. The van der Waals surface area contributed by atoms with Crippen LogP contribution in [0.15, 0.2) is 53.7 Å². The molecule has 5 heteroatoms. The third-order valence-electron chi connectivity index (χ3n) is 2.73. The highest BCUT2D eigenvalue weighted by Crippen LogP contribution is 2.29. The Kier molecular flexibility index (Phi) is 3.63. The molecule has 1 aromatic carbocycles. The van der Waals surface area contributed by atoms with Gasteiger partial charge in [0, 0.05) is 12.4 Å². The first-order valence-electron chi connectivity index (χ1n) is 5.63. The Labute approximate surface area is 112 Å². The van der Waals surface area contributed by atoms with Crippen molar-refractivity contribution in [2.24, 2.45) is 0 Å². The molecule has 0 saturated heterocycles. The van der Waals surface area contributed by atoms with E-state index in [2.05, 4.69) is 9.83 Å². The fourth-order valence-corrected chi connectivity index (χ4v) is 3.11. The lowest BCUT2D eigenvalue weighted by Crippen LogP contribution is -2.10. The summed E-state index contributed by atoms with van der Waals surface area (Å²) in [7, 11) is -3.72. The van der Waals surface area contributed by atoms with E-state index in [1.165, 1.54) is 18.3 Å². The molecule has 1 heterocycles. The van der Waals surface area contributed by atoms with Gasteiger partial charge in [0.15, 0.2) is 0 Å². The molecule has 0 saturated carbocycles. The highest BCUT2D eigenvalue weighted by molar-refractivity contribution is 7.91. The summed E-state index contributed by atoms with van der Waals surface area (Å²) >= 11 is 0. The van der Waals surface area contributed by atoms with Gasteiger partial charge in [0.1, 0.15) is 0 Å². The van der Waals surface area contributed by atoms with E-state index >= 15 is 0 Å². The number of benzene rings is 1. The number of hydrogen-bond acceptors (Lipinski definition) is 3. The van der Waals surface area contributed by atoms with Gasteiger partial charge in [-0.05, 0) is 31.2 Å². The average molecular weight is 272 g/mol. The molecule has 2 aromatic rings. The van der Waals surface area contributed by atoms with Gasteiger partial charge in [0.05, 0.1) is 10.5 Å². The standard InChI is InChI=1S/C14H12N2O2S/c1-11-5-7-13(8-6-11)19(17,18)14(15-2)12-4-3-9-16-10-12/h3-10,14H,1H3. The van der Waals surface area contributed by atoms with Crippen molar-refractivity contribution in [1.29, 1.82) is 0 Å². The maximum Gasteiger partial charge on any atom is 0.351 e.